The number of carboxylic acid groups (broad SMARTS) is 2. The van der Waals surface area contributed by atoms with Gasteiger partial charge in [-0.3, -0.25) is 10.2 Å². The molecule has 1 saturated heterocycles. The molecule has 2 amide bonds. The van der Waals surface area contributed by atoms with Crippen molar-refractivity contribution in [2.45, 2.75) is 25.1 Å². The number of benzene rings is 2. The predicted octanol–water partition coefficient (Wildman–Crippen LogP) is 4.23. The van der Waals surface area contributed by atoms with E-state index in [4.69, 9.17) is 4.74 Å². The van der Waals surface area contributed by atoms with E-state index < -0.39 is 30.2 Å². The predicted molar refractivity (Wildman–Crippen MR) is 133 cm³/mol. The number of anilines is 1. The van der Waals surface area contributed by atoms with Crippen LogP contribution in [-0.2, 0) is 16.1 Å². The van der Waals surface area contributed by atoms with E-state index in [1.54, 1.807) is 10.8 Å². The second-order valence-electron chi connectivity index (χ2n) is 8.60. The Bertz CT molecular complexity index is 1430. The van der Waals surface area contributed by atoms with Crippen LogP contribution in [0.2, 0.25) is 0 Å². The fraction of sp³-hybridized carbons (Fsp3) is 0.192. The maximum Gasteiger partial charge on any atom is 0.413 e. The molecular formula is C26H23N5O6. The van der Waals surface area contributed by atoms with E-state index in [1.165, 1.54) is 6.33 Å². The largest absolute Gasteiger partial charge is 0.480 e. The number of likely N-dealkylation sites (tertiary alicyclic amines) is 1. The molecule has 3 heterocycles. The van der Waals surface area contributed by atoms with Crippen LogP contribution in [0.25, 0.3) is 22.2 Å². The Balaban J connectivity index is 1.52. The molecule has 0 unspecified atom stereocenters. The lowest BCUT2D eigenvalue weighted by molar-refractivity contribution is -0.141. The Labute approximate surface area is 210 Å². The average molecular weight is 501 g/mol. The zero-order valence-electron chi connectivity index (χ0n) is 19.5. The van der Waals surface area contributed by atoms with Crippen LogP contribution in [0.3, 0.4) is 0 Å². The normalized spacial score (nSPS) is 17.0. The molecule has 0 radical (unpaired) electrons. The Kier molecular flexibility index (Phi) is 6.42. The molecule has 0 saturated carbocycles. The number of fused-ring (bicyclic) bond motifs is 1. The van der Waals surface area contributed by atoms with E-state index in [2.05, 4.69) is 15.3 Å². The quantitative estimate of drug-likeness (QED) is 0.356. The summed E-state index contributed by atoms with van der Waals surface area (Å²) in [6.45, 7) is 0.0628. The van der Waals surface area contributed by atoms with Gasteiger partial charge in [0.25, 0.3) is 0 Å². The minimum absolute atomic E-state index is 0.0177. The monoisotopic (exact) mass is 501 g/mol. The number of carboxylic acids is 1. The molecule has 37 heavy (non-hydrogen) atoms. The van der Waals surface area contributed by atoms with Crippen LogP contribution >= 0.6 is 0 Å². The van der Waals surface area contributed by atoms with E-state index in [9.17, 15) is 24.6 Å². The first-order valence-electron chi connectivity index (χ1n) is 11.5. The minimum atomic E-state index is -1.30. The van der Waals surface area contributed by atoms with Gasteiger partial charge in [0.1, 0.15) is 30.4 Å². The summed E-state index contributed by atoms with van der Waals surface area (Å²) in [5.74, 6) is -0.980. The Morgan fingerprint density at radius 1 is 1.00 bits per heavy atom. The Hall–Kier alpha value is -4.93. The number of nitrogens with zero attached hydrogens (tertiary/aromatic N) is 4. The minimum Gasteiger partial charge on any atom is -0.480 e. The van der Waals surface area contributed by atoms with Gasteiger partial charge >= 0.3 is 18.2 Å². The molecule has 1 aliphatic heterocycles. The number of hydrogen-bond acceptors (Lipinski definition) is 6. The highest BCUT2D eigenvalue weighted by molar-refractivity contribution is 6.05. The summed E-state index contributed by atoms with van der Waals surface area (Å²) < 4.78 is 7.12. The van der Waals surface area contributed by atoms with Crippen LogP contribution in [0.1, 0.15) is 18.0 Å². The first-order chi connectivity index (χ1) is 17.9. The molecule has 2 aromatic carbocycles. The summed E-state index contributed by atoms with van der Waals surface area (Å²) in [4.78, 5) is 45.7. The van der Waals surface area contributed by atoms with E-state index in [0.29, 0.717) is 16.6 Å². The summed E-state index contributed by atoms with van der Waals surface area (Å²) in [6, 6.07) is 17.0. The second kappa shape index (κ2) is 9.97. The van der Waals surface area contributed by atoms with Gasteiger partial charge < -0.3 is 19.5 Å². The van der Waals surface area contributed by atoms with Crippen LogP contribution in [0.4, 0.5) is 15.4 Å². The SMILES string of the molecule is O=C(Nc1ncnc2c1c(-c1ccccc1)cn2[C@H]1C[C@H](C(=O)O)N(C(=O)O)C1)OCc1ccccc1. The highest BCUT2D eigenvalue weighted by Crippen LogP contribution is 2.38. The van der Waals surface area contributed by atoms with Gasteiger partial charge in [-0.15, -0.1) is 0 Å². The van der Waals surface area contributed by atoms with Gasteiger partial charge in [-0.2, -0.15) is 0 Å². The molecule has 0 spiro atoms. The van der Waals surface area contributed by atoms with Crippen LogP contribution in [0.5, 0.6) is 0 Å². The third-order valence-corrected chi connectivity index (χ3v) is 6.33. The van der Waals surface area contributed by atoms with Crippen LogP contribution in [0, 0.1) is 0 Å². The summed E-state index contributed by atoms with van der Waals surface area (Å²) in [5.41, 5.74) is 2.80. The topological polar surface area (TPSA) is 147 Å². The number of aliphatic carboxylic acids is 1. The van der Waals surface area contributed by atoms with Gasteiger partial charge in [0.05, 0.1) is 11.4 Å². The number of hydrogen-bond donors (Lipinski definition) is 3. The van der Waals surface area contributed by atoms with Gasteiger partial charge in [0.2, 0.25) is 0 Å². The third-order valence-electron chi connectivity index (χ3n) is 6.33. The Morgan fingerprint density at radius 3 is 2.35 bits per heavy atom. The van der Waals surface area contributed by atoms with Gasteiger partial charge in [-0.05, 0) is 11.1 Å². The summed E-state index contributed by atoms with van der Waals surface area (Å²) >= 11 is 0. The fourth-order valence-corrected chi connectivity index (χ4v) is 4.61. The highest BCUT2D eigenvalue weighted by atomic mass is 16.5. The van der Waals surface area contributed by atoms with Gasteiger partial charge in [0, 0.05) is 24.7 Å². The molecule has 0 aliphatic carbocycles. The zero-order valence-corrected chi connectivity index (χ0v) is 19.5. The molecule has 2 atom stereocenters. The number of nitrogens with one attached hydrogen (secondary N) is 1. The van der Waals surface area contributed by atoms with Crippen LogP contribution in [-0.4, -0.2) is 60.4 Å². The molecule has 11 nitrogen and oxygen atoms in total. The van der Waals surface area contributed by atoms with Crippen molar-refractivity contribution in [2.75, 3.05) is 11.9 Å². The number of ether oxygens (including phenoxy) is 1. The molecule has 1 aliphatic rings. The lowest BCUT2D eigenvalue weighted by atomic mass is 10.1. The van der Waals surface area contributed by atoms with Gasteiger partial charge in [-0.1, -0.05) is 60.7 Å². The summed E-state index contributed by atoms with van der Waals surface area (Å²) in [5, 5.41) is 22.3. The van der Waals surface area contributed by atoms with E-state index in [0.717, 1.165) is 16.0 Å². The summed E-state index contributed by atoms with van der Waals surface area (Å²) in [7, 11) is 0. The molecule has 3 N–H and O–H groups in total. The number of amides is 2. The molecule has 11 heteroatoms. The highest BCUT2D eigenvalue weighted by Gasteiger charge is 2.41. The standard InChI is InChI=1S/C26H23N5O6/c32-24(33)20-11-18(12-31(20)26(35)36)30-13-19(17-9-5-2-6-10-17)21-22(27-15-28-23(21)30)29-25(34)37-14-16-7-3-1-4-8-16/h1-10,13,15,18,20H,11-12,14H2,(H,32,33)(H,35,36)(H,27,28,29,34)/t18-,20+/m0/s1. The number of carbonyl (C=O) groups is 3. The molecule has 188 valence electrons. The first-order valence-corrected chi connectivity index (χ1v) is 11.5. The van der Waals surface area contributed by atoms with Crippen molar-refractivity contribution in [3.63, 3.8) is 0 Å². The summed E-state index contributed by atoms with van der Waals surface area (Å²) in [6.07, 6.45) is 1.17. The van der Waals surface area contributed by atoms with E-state index in [1.807, 2.05) is 60.7 Å². The van der Waals surface area contributed by atoms with Crippen molar-refractivity contribution in [3.05, 3.63) is 78.8 Å². The molecule has 0 bridgehead atoms. The maximum absolute atomic E-state index is 12.6. The Morgan fingerprint density at radius 2 is 1.70 bits per heavy atom. The maximum atomic E-state index is 12.6. The average Bonchev–Trinajstić information content (AvgIpc) is 3.52. The van der Waals surface area contributed by atoms with Gasteiger partial charge in [-0.25, -0.2) is 24.4 Å². The fourth-order valence-electron chi connectivity index (χ4n) is 4.61. The van der Waals surface area contributed by atoms with Crippen molar-refractivity contribution >= 4 is 35.0 Å². The zero-order chi connectivity index (χ0) is 25.9. The molecule has 5 rings (SSSR count). The van der Waals surface area contributed by atoms with Crippen molar-refractivity contribution in [1.29, 1.82) is 0 Å². The van der Waals surface area contributed by atoms with E-state index in [-0.39, 0.29) is 25.4 Å². The van der Waals surface area contributed by atoms with E-state index >= 15 is 0 Å². The molecule has 4 aromatic rings. The third kappa shape index (κ3) is 4.79. The van der Waals surface area contributed by atoms with Gasteiger partial charge in [0.15, 0.2) is 0 Å². The number of carbonyl (C=O) groups excluding carboxylic acids is 1. The lowest BCUT2D eigenvalue weighted by Gasteiger charge is -2.17. The molecular weight excluding hydrogens is 478 g/mol. The number of aromatic nitrogens is 3. The smallest absolute Gasteiger partial charge is 0.413 e. The van der Waals surface area contributed by atoms with Crippen molar-refractivity contribution in [2.24, 2.45) is 0 Å². The molecule has 2 aromatic heterocycles. The van der Waals surface area contributed by atoms with Crippen molar-refractivity contribution < 1.29 is 29.3 Å². The van der Waals surface area contributed by atoms with Crippen LogP contribution in [0.15, 0.2) is 73.2 Å². The van der Waals surface area contributed by atoms with Crippen molar-refractivity contribution in [3.8, 4) is 11.1 Å². The van der Waals surface area contributed by atoms with Crippen LogP contribution < -0.4 is 5.32 Å². The molecule has 1 fully saturated rings. The lowest BCUT2D eigenvalue weighted by Crippen LogP contribution is -2.39. The first kappa shape index (κ1) is 23.8. The second-order valence-corrected chi connectivity index (χ2v) is 8.60. The van der Waals surface area contributed by atoms with Crippen molar-refractivity contribution in [1.82, 2.24) is 19.4 Å². The number of rotatable bonds is 6.